The zero-order valence-electron chi connectivity index (χ0n) is 12.1. The van der Waals surface area contributed by atoms with Crippen LogP contribution in [0.5, 0.6) is 5.75 Å². The van der Waals surface area contributed by atoms with Gasteiger partial charge >= 0.3 is 0 Å². The third-order valence-corrected chi connectivity index (χ3v) is 4.55. The minimum atomic E-state index is 0.0319. The molecule has 3 rings (SSSR count). The van der Waals surface area contributed by atoms with Crippen molar-refractivity contribution in [3.8, 4) is 5.75 Å². The first kappa shape index (κ1) is 13.9. The van der Waals surface area contributed by atoms with Crippen molar-refractivity contribution in [1.82, 2.24) is 4.90 Å². The Morgan fingerprint density at radius 1 is 1.45 bits per heavy atom. The van der Waals surface area contributed by atoms with E-state index < -0.39 is 0 Å². The van der Waals surface area contributed by atoms with E-state index >= 15 is 0 Å². The number of hydrogen-bond acceptors (Lipinski definition) is 4. The monoisotopic (exact) mass is 276 g/mol. The second-order valence-corrected chi connectivity index (χ2v) is 5.79. The molecule has 1 aromatic rings. The fourth-order valence-corrected chi connectivity index (χ4v) is 3.46. The molecule has 1 aliphatic heterocycles. The molecule has 2 fully saturated rings. The Balaban J connectivity index is 1.66. The van der Waals surface area contributed by atoms with Crippen molar-refractivity contribution in [2.45, 2.75) is 37.5 Å². The van der Waals surface area contributed by atoms with Crippen LogP contribution in [0.1, 0.15) is 30.9 Å². The normalized spacial score (nSPS) is 28.1. The van der Waals surface area contributed by atoms with Crippen LogP contribution in [0.4, 0.5) is 0 Å². The van der Waals surface area contributed by atoms with Crippen LogP contribution in [-0.2, 0) is 4.74 Å². The van der Waals surface area contributed by atoms with Crippen molar-refractivity contribution in [3.05, 3.63) is 29.8 Å². The molecule has 0 spiro atoms. The average Bonchev–Trinajstić information content (AvgIpc) is 2.97. The van der Waals surface area contributed by atoms with Crippen molar-refractivity contribution < 1.29 is 9.47 Å². The Kier molecular flexibility index (Phi) is 4.24. The highest BCUT2D eigenvalue weighted by Crippen LogP contribution is 2.30. The SMILES string of the molecule is COc1cccc(C(N)CN2CCOC3CCCC32)c1. The maximum absolute atomic E-state index is 6.39. The highest BCUT2D eigenvalue weighted by molar-refractivity contribution is 5.30. The molecule has 2 N–H and O–H groups in total. The van der Waals surface area contributed by atoms with Gasteiger partial charge in [0, 0.05) is 25.2 Å². The van der Waals surface area contributed by atoms with Crippen LogP contribution in [0, 0.1) is 0 Å². The summed E-state index contributed by atoms with van der Waals surface area (Å²) in [7, 11) is 1.69. The molecule has 1 saturated heterocycles. The van der Waals surface area contributed by atoms with Crippen LogP contribution in [0.15, 0.2) is 24.3 Å². The standard InChI is InChI=1S/C16H24N2O2/c1-19-13-5-2-4-12(10-13)14(17)11-18-8-9-20-16-7-3-6-15(16)18/h2,4-5,10,14-16H,3,6-9,11,17H2,1H3. The number of nitrogens with two attached hydrogens (primary N) is 1. The number of hydrogen-bond donors (Lipinski definition) is 1. The topological polar surface area (TPSA) is 47.7 Å². The lowest BCUT2D eigenvalue weighted by atomic mass is 10.0. The first-order valence-electron chi connectivity index (χ1n) is 7.53. The minimum Gasteiger partial charge on any atom is -0.497 e. The summed E-state index contributed by atoms with van der Waals surface area (Å²) >= 11 is 0. The maximum atomic E-state index is 6.39. The summed E-state index contributed by atoms with van der Waals surface area (Å²) in [6, 6.07) is 8.69. The molecule has 110 valence electrons. The predicted molar refractivity (Wildman–Crippen MR) is 78.9 cm³/mol. The van der Waals surface area contributed by atoms with E-state index in [1.165, 1.54) is 19.3 Å². The van der Waals surface area contributed by atoms with Crippen LogP contribution >= 0.6 is 0 Å². The fourth-order valence-electron chi connectivity index (χ4n) is 3.46. The van der Waals surface area contributed by atoms with E-state index in [0.29, 0.717) is 12.1 Å². The summed E-state index contributed by atoms with van der Waals surface area (Å²) < 4.78 is 11.1. The maximum Gasteiger partial charge on any atom is 0.119 e. The molecule has 1 heterocycles. The molecule has 1 aromatic carbocycles. The van der Waals surface area contributed by atoms with Crippen LogP contribution in [0.25, 0.3) is 0 Å². The molecule has 0 amide bonds. The van der Waals surface area contributed by atoms with E-state index in [1.807, 2.05) is 18.2 Å². The van der Waals surface area contributed by atoms with E-state index in [0.717, 1.165) is 31.0 Å². The third kappa shape index (κ3) is 2.82. The van der Waals surface area contributed by atoms with E-state index in [9.17, 15) is 0 Å². The Morgan fingerprint density at radius 2 is 2.35 bits per heavy atom. The molecule has 20 heavy (non-hydrogen) atoms. The van der Waals surface area contributed by atoms with Gasteiger partial charge in [-0.15, -0.1) is 0 Å². The van der Waals surface area contributed by atoms with Gasteiger partial charge in [0.25, 0.3) is 0 Å². The molecule has 2 aliphatic rings. The van der Waals surface area contributed by atoms with E-state index in [2.05, 4.69) is 11.0 Å². The quantitative estimate of drug-likeness (QED) is 0.913. The molecule has 1 aliphatic carbocycles. The molecule has 4 heteroatoms. The molecular weight excluding hydrogens is 252 g/mol. The Hall–Kier alpha value is -1.10. The van der Waals surface area contributed by atoms with Gasteiger partial charge in [0.1, 0.15) is 5.75 Å². The number of benzene rings is 1. The van der Waals surface area contributed by atoms with Gasteiger partial charge in [-0.1, -0.05) is 12.1 Å². The lowest BCUT2D eigenvalue weighted by Gasteiger charge is -2.39. The van der Waals surface area contributed by atoms with Crippen molar-refractivity contribution in [1.29, 1.82) is 0 Å². The Morgan fingerprint density at radius 3 is 3.20 bits per heavy atom. The fraction of sp³-hybridized carbons (Fsp3) is 0.625. The largest absolute Gasteiger partial charge is 0.497 e. The van der Waals surface area contributed by atoms with E-state index in [1.54, 1.807) is 7.11 Å². The third-order valence-electron chi connectivity index (χ3n) is 4.55. The Bertz CT molecular complexity index is 452. The first-order valence-corrected chi connectivity index (χ1v) is 7.53. The average molecular weight is 276 g/mol. The summed E-state index contributed by atoms with van der Waals surface area (Å²) in [4.78, 5) is 2.52. The number of ether oxygens (including phenoxy) is 2. The van der Waals surface area contributed by atoms with Gasteiger partial charge in [-0.25, -0.2) is 0 Å². The number of fused-ring (bicyclic) bond motifs is 1. The van der Waals surface area contributed by atoms with Gasteiger partial charge < -0.3 is 15.2 Å². The van der Waals surface area contributed by atoms with Gasteiger partial charge in [-0.05, 0) is 37.0 Å². The summed E-state index contributed by atoms with van der Waals surface area (Å²) in [5, 5.41) is 0. The summed E-state index contributed by atoms with van der Waals surface area (Å²) in [6.07, 6.45) is 4.16. The van der Waals surface area contributed by atoms with Crippen LogP contribution in [-0.4, -0.2) is 43.9 Å². The number of rotatable bonds is 4. The van der Waals surface area contributed by atoms with Crippen molar-refractivity contribution in [2.75, 3.05) is 26.8 Å². The molecular formula is C16H24N2O2. The van der Waals surface area contributed by atoms with Crippen LogP contribution in [0.2, 0.25) is 0 Å². The highest BCUT2D eigenvalue weighted by Gasteiger charge is 2.36. The first-order chi connectivity index (χ1) is 9.78. The molecule has 1 saturated carbocycles. The van der Waals surface area contributed by atoms with Gasteiger partial charge in [0.2, 0.25) is 0 Å². The summed E-state index contributed by atoms with van der Waals surface area (Å²) in [6.45, 7) is 2.74. The molecule has 3 unspecified atom stereocenters. The van der Waals surface area contributed by atoms with Crippen LogP contribution < -0.4 is 10.5 Å². The van der Waals surface area contributed by atoms with Crippen LogP contribution in [0.3, 0.4) is 0 Å². The minimum absolute atomic E-state index is 0.0319. The van der Waals surface area contributed by atoms with Gasteiger partial charge in [0.15, 0.2) is 0 Å². The zero-order chi connectivity index (χ0) is 13.9. The second kappa shape index (κ2) is 6.12. The van der Waals surface area contributed by atoms with Crippen molar-refractivity contribution >= 4 is 0 Å². The van der Waals surface area contributed by atoms with Gasteiger partial charge in [0.05, 0.1) is 19.8 Å². The molecule has 0 aromatic heterocycles. The number of nitrogens with zero attached hydrogens (tertiary/aromatic N) is 1. The number of morpholine rings is 1. The van der Waals surface area contributed by atoms with Gasteiger partial charge in [-0.2, -0.15) is 0 Å². The highest BCUT2D eigenvalue weighted by atomic mass is 16.5. The number of methoxy groups -OCH3 is 1. The lowest BCUT2D eigenvalue weighted by Crippen LogP contribution is -2.50. The van der Waals surface area contributed by atoms with Gasteiger partial charge in [-0.3, -0.25) is 4.90 Å². The smallest absolute Gasteiger partial charge is 0.119 e. The Labute approximate surface area is 120 Å². The zero-order valence-corrected chi connectivity index (χ0v) is 12.1. The van der Waals surface area contributed by atoms with E-state index in [-0.39, 0.29) is 6.04 Å². The molecule has 4 nitrogen and oxygen atoms in total. The lowest BCUT2D eigenvalue weighted by molar-refractivity contribution is -0.0572. The molecule has 0 radical (unpaired) electrons. The summed E-state index contributed by atoms with van der Waals surface area (Å²) in [5.74, 6) is 0.874. The predicted octanol–water partition coefficient (Wildman–Crippen LogP) is 1.95. The van der Waals surface area contributed by atoms with Crippen molar-refractivity contribution in [3.63, 3.8) is 0 Å². The molecule has 0 bridgehead atoms. The second-order valence-electron chi connectivity index (χ2n) is 5.79. The molecule has 3 atom stereocenters. The van der Waals surface area contributed by atoms with Crippen molar-refractivity contribution in [2.24, 2.45) is 5.73 Å². The summed E-state index contributed by atoms with van der Waals surface area (Å²) in [5.41, 5.74) is 7.54. The van der Waals surface area contributed by atoms with E-state index in [4.69, 9.17) is 15.2 Å².